The van der Waals surface area contributed by atoms with E-state index in [1.165, 1.54) is 5.56 Å². The summed E-state index contributed by atoms with van der Waals surface area (Å²) in [7, 11) is 0. The van der Waals surface area contributed by atoms with Crippen molar-refractivity contribution >= 4 is 23.3 Å². The predicted molar refractivity (Wildman–Crippen MR) is 132 cm³/mol. The van der Waals surface area contributed by atoms with Gasteiger partial charge in [-0.15, -0.1) is 0 Å². The summed E-state index contributed by atoms with van der Waals surface area (Å²) in [4.78, 5) is 42.0. The Hall–Kier alpha value is -3.15. The van der Waals surface area contributed by atoms with Crippen LogP contribution in [-0.2, 0) is 16.0 Å². The number of hydrogen-bond acceptors (Lipinski definition) is 4. The number of fused-ring (bicyclic) bond motifs is 1. The minimum atomic E-state index is -0.564. The first-order valence-electron chi connectivity index (χ1n) is 12.3. The molecule has 2 aliphatic rings. The van der Waals surface area contributed by atoms with E-state index >= 15 is 0 Å². The van der Waals surface area contributed by atoms with Crippen LogP contribution in [0.1, 0.15) is 56.0 Å². The summed E-state index contributed by atoms with van der Waals surface area (Å²) in [6, 6.07) is 15.4. The van der Waals surface area contributed by atoms with Gasteiger partial charge in [-0.2, -0.15) is 0 Å². The van der Waals surface area contributed by atoms with Gasteiger partial charge in [-0.3, -0.25) is 14.4 Å². The average molecular weight is 463 g/mol. The van der Waals surface area contributed by atoms with Crippen molar-refractivity contribution in [2.45, 2.75) is 52.6 Å². The normalized spacial score (nSPS) is 18.6. The second-order valence-corrected chi connectivity index (χ2v) is 9.78. The summed E-state index contributed by atoms with van der Waals surface area (Å²) in [5.74, 6) is 1.27. The molecule has 0 saturated carbocycles. The molecule has 1 fully saturated rings. The Balaban J connectivity index is 1.29. The van der Waals surface area contributed by atoms with E-state index in [2.05, 4.69) is 26.0 Å². The van der Waals surface area contributed by atoms with Gasteiger partial charge in [0.2, 0.25) is 5.91 Å². The number of ether oxygens (including phenoxy) is 1. The molecule has 0 aliphatic carbocycles. The van der Waals surface area contributed by atoms with E-state index in [1.54, 1.807) is 11.8 Å². The lowest BCUT2D eigenvalue weighted by molar-refractivity contribution is -0.132. The minimum absolute atomic E-state index is 0.0216. The molecular weight excluding hydrogens is 428 g/mol. The van der Waals surface area contributed by atoms with Gasteiger partial charge < -0.3 is 14.5 Å². The molecule has 2 aromatic rings. The second-order valence-electron chi connectivity index (χ2n) is 9.78. The molecule has 0 aromatic heterocycles. The lowest BCUT2D eigenvalue weighted by atomic mass is 9.88. The van der Waals surface area contributed by atoms with Gasteiger partial charge >= 0.3 is 0 Å². The molecule has 1 saturated heterocycles. The Morgan fingerprint density at radius 1 is 1.03 bits per heavy atom. The van der Waals surface area contributed by atoms with Crippen LogP contribution in [0, 0.1) is 11.8 Å². The van der Waals surface area contributed by atoms with Crippen LogP contribution in [0.15, 0.2) is 48.5 Å². The quantitative estimate of drug-likeness (QED) is 0.568. The lowest BCUT2D eigenvalue weighted by Gasteiger charge is -2.34. The van der Waals surface area contributed by atoms with Crippen molar-refractivity contribution in [3.8, 4) is 5.75 Å². The van der Waals surface area contributed by atoms with E-state index in [1.807, 2.05) is 41.3 Å². The van der Waals surface area contributed by atoms with E-state index in [0.29, 0.717) is 49.8 Å². The van der Waals surface area contributed by atoms with Crippen molar-refractivity contribution in [2.75, 3.05) is 24.5 Å². The number of benzene rings is 2. The number of Topliss-reactive ketones (excluding diaryl/α,β-unsaturated/α-hetero) is 1. The van der Waals surface area contributed by atoms with Crippen LogP contribution < -0.4 is 9.64 Å². The van der Waals surface area contributed by atoms with Gasteiger partial charge in [-0.1, -0.05) is 50.2 Å². The third kappa shape index (κ3) is 5.32. The number of carbonyl (C=O) groups excluding carboxylic acids is 3. The Kier molecular flexibility index (Phi) is 7.35. The molecule has 180 valence electrons. The Labute approximate surface area is 201 Å². The topological polar surface area (TPSA) is 66.9 Å². The number of carbonyl (C=O) groups is 3. The number of amides is 2. The highest BCUT2D eigenvalue weighted by Crippen LogP contribution is 2.33. The van der Waals surface area contributed by atoms with E-state index in [-0.39, 0.29) is 29.9 Å². The fourth-order valence-electron chi connectivity index (χ4n) is 4.86. The number of likely N-dealkylation sites (tertiary alicyclic amines) is 1. The largest absolute Gasteiger partial charge is 0.479 e. The first-order valence-corrected chi connectivity index (χ1v) is 12.3. The smallest absolute Gasteiger partial charge is 0.267 e. The van der Waals surface area contributed by atoms with E-state index in [0.717, 1.165) is 12.0 Å². The fourth-order valence-corrected chi connectivity index (χ4v) is 4.86. The molecule has 1 unspecified atom stereocenters. The molecule has 2 aromatic carbocycles. The van der Waals surface area contributed by atoms with Crippen LogP contribution >= 0.6 is 0 Å². The van der Waals surface area contributed by atoms with Crippen molar-refractivity contribution in [1.29, 1.82) is 0 Å². The number of para-hydroxylation sites is 2. The molecule has 0 radical (unpaired) electrons. The van der Waals surface area contributed by atoms with Crippen LogP contribution in [0.3, 0.4) is 0 Å². The van der Waals surface area contributed by atoms with Gasteiger partial charge in [0.05, 0.1) is 5.69 Å². The second kappa shape index (κ2) is 10.4. The monoisotopic (exact) mass is 462 g/mol. The molecule has 34 heavy (non-hydrogen) atoms. The Morgan fingerprint density at radius 2 is 1.71 bits per heavy atom. The number of nitrogens with zero attached hydrogens (tertiary/aromatic N) is 2. The third-order valence-corrected chi connectivity index (χ3v) is 6.72. The van der Waals surface area contributed by atoms with Crippen molar-refractivity contribution in [2.24, 2.45) is 11.8 Å². The van der Waals surface area contributed by atoms with Crippen molar-refractivity contribution in [3.05, 3.63) is 59.7 Å². The fraction of sp³-hybridized carbons (Fsp3) is 0.464. The van der Waals surface area contributed by atoms with Gasteiger partial charge in [0.25, 0.3) is 5.91 Å². The molecule has 2 aliphatic heterocycles. The maximum Gasteiger partial charge on any atom is 0.267 e. The van der Waals surface area contributed by atoms with Gasteiger partial charge in [0, 0.05) is 37.5 Å². The zero-order chi connectivity index (χ0) is 24.2. The maximum atomic E-state index is 13.0. The van der Waals surface area contributed by atoms with Crippen molar-refractivity contribution < 1.29 is 19.1 Å². The van der Waals surface area contributed by atoms with Crippen LogP contribution in [0.5, 0.6) is 5.75 Å². The van der Waals surface area contributed by atoms with E-state index in [9.17, 15) is 14.4 Å². The highest BCUT2D eigenvalue weighted by atomic mass is 16.5. The summed E-state index contributed by atoms with van der Waals surface area (Å²) in [6.45, 7) is 7.57. The number of hydrogen-bond donors (Lipinski definition) is 0. The standard InChI is InChI=1S/C28H34N2O4/c1-19(2)18-21-8-10-22(11-9-21)27(32)23-12-15-29(16-13-23)26(31)14-17-30-24-6-4-5-7-25(24)34-20(3)28(30)33/h4-11,19-20,23H,12-18H2,1-3H3. The molecule has 2 amide bonds. The average Bonchev–Trinajstić information content (AvgIpc) is 2.84. The summed E-state index contributed by atoms with van der Waals surface area (Å²) in [5, 5.41) is 0. The number of ketones is 1. The SMILES string of the molecule is CC(C)Cc1ccc(C(=O)C2CCN(C(=O)CCN3C(=O)C(C)Oc4ccccc43)CC2)cc1. The molecule has 6 heteroatoms. The van der Waals surface area contributed by atoms with Gasteiger partial charge in [0.15, 0.2) is 11.9 Å². The van der Waals surface area contributed by atoms with Gasteiger partial charge in [0.1, 0.15) is 5.75 Å². The lowest BCUT2D eigenvalue weighted by Crippen LogP contribution is -2.47. The Bertz CT molecular complexity index is 1040. The molecule has 0 N–H and O–H groups in total. The minimum Gasteiger partial charge on any atom is -0.479 e. The maximum absolute atomic E-state index is 13.0. The molecular formula is C28H34N2O4. The van der Waals surface area contributed by atoms with Crippen LogP contribution in [0.25, 0.3) is 0 Å². The molecule has 1 atom stereocenters. The summed E-state index contributed by atoms with van der Waals surface area (Å²) in [5.41, 5.74) is 2.72. The van der Waals surface area contributed by atoms with Crippen molar-refractivity contribution in [1.82, 2.24) is 4.90 Å². The summed E-state index contributed by atoms with van der Waals surface area (Å²) >= 11 is 0. The molecule has 0 spiro atoms. The van der Waals surface area contributed by atoms with Crippen LogP contribution in [0.4, 0.5) is 5.69 Å². The first kappa shape index (κ1) is 24.0. The van der Waals surface area contributed by atoms with Crippen LogP contribution in [-0.4, -0.2) is 48.2 Å². The number of piperidine rings is 1. The summed E-state index contributed by atoms with van der Waals surface area (Å²) < 4.78 is 5.67. The van der Waals surface area contributed by atoms with E-state index < -0.39 is 6.10 Å². The number of anilines is 1. The number of rotatable bonds is 7. The first-order chi connectivity index (χ1) is 16.3. The van der Waals surface area contributed by atoms with Crippen molar-refractivity contribution in [3.63, 3.8) is 0 Å². The summed E-state index contributed by atoms with van der Waals surface area (Å²) in [6.07, 6.45) is 2.05. The predicted octanol–water partition coefficient (Wildman–Crippen LogP) is 4.51. The highest BCUT2D eigenvalue weighted by Gasteiger charge is 2.32. The molecule has 4 rings (SSSR count). The highest BCUT2D eigenvalue weighted by molar-refractivity contribution is 6.00. The zero-order valence-electron chi connectivity index (χ0n) is 20.3. The third-order valence-electron chi connectivity index (χ3n) is 6.72. The molecule has 2 heterocycles. The van der Waals surface area contributed by atoms with Gasteiger partial charge in [-0.05, 0) is 49.8 Å². The van der Waals surface area contributed by atoms with Gasteiger partial charge in [-0.25, -0.2) is 0 Å². The molecule has 6 nitrogen and oxygen atoms in total. The molecule has 0 bridgehead atoms. The Morgan fingerprint density at radius 3 is 2.38 bits per heavy atom. The van der Waals surface area contributed by atoms with E-state index in [4.69, 9.17) is 4.74 Å². The zero-order valence-corrected chi connectivity index (χ0v) is 20.3. The van der Waals surface area contributed by atoms with Crippen LogP contribution in [0.2, 0.25) is 0 Å².